The van der Waals surface area contributed by atoms with E-state index in [4.69, 9.17) is 0 Å². The lowest BCUT2D eigenvalue weighted by Crippen LogP contribution is -2.25. The summed E-state index contributed by atoms with van der Waals surface area (Å²) in [5, 5.41) is 3.53. The van der Waals surface area contributed by atoms with Crippen LogP contribution in [-0.4, -0.2) is 11.5 Å². The third kappa shape index (κ3) is 4.61. The zero-order valence-electron chi connectivity index (χ0n) is 12.4. The fraction of sp³-hybridized carbons (Fsp3) is 0.353. The molecule has 112 valence electrons. The summed E-state index contributed by atoms with van der Waals surface area (Å²) in [5.74, 6) is -0.225. The SMILES string of the molecule is CCCNC(Cc1ccc(F)cc1Br)c1cccc(C)n1. The summed E-state index contributed by atoms with van der Waals surface area (Å²) < 4.78 is 14.0. The molecule has 4 heteroatoms. The van der Waals surface area contributed by atoms with Crippen LogP contribution in [0.1, 0.15) is 36.3 Å². The molecule has 2 aromatic rings. The highest BCUT2D eigenvalue weighted by molar-refractivity contribution is 9.10. The molecule has 21 heavy (non-hydrogen) atoms. The van der Waals surface area contributed by atoms with Crippen LogP contribution in [0, 0.1) is 12.7 Å². The van der Waals surface area contributed by atoms with Crippen molar-refractivity contribution in [3.8, 4) is 0 Å². The maximum absolute atomic E-state index is 13.2. The molecule has 2 rings (SSSR count). The molecule has 2 nitrogen and oxygen atoms in total. The Labute approximate surface area is 133 Å². The van der Waals surface area contributed by atoms with Gasteiger partial charge < -0.3 is 5.32 Å². The zero-order valence-corrected chi connectivity index (χ0v) is 14.0. The molecule has 0 amide bonds. The molecule has 1 aromatic carbocycles. The number of aromatic nitrogens is 1. The van der Waals surface area contributed by atoms with Gasteiger partial charge in [0.1, 0.15) is 5.82 Å². The van der Waals surface area contributed by atoms with Crippen LogP contribution in [0.3, 0.4) is 0 Å². The quantitative estimate of drug-likeness (QED) is 0.824. The predicted molar refractivity (Wildman–Crippen MR) is 87.8 cm³/mol. The maximum atomic E-state index is 13.2. The normalized spacial score (nSPS) is 12.4. The molecule has 0 aliphatic carbocycles. The van der Waals surface area contributed by atoms with Gasteiger partial charge in [-0.05, 0) is 56.1 Å². The first-order valence-electron chi connectivity index (χ1n) is 7.21. The summed E-state index contributed by atoms with van der Waals surface area (Å²) in [6.07, 6.45) is 1.84. The number of benzene rings is 1. The number of nitrogens with zero attached hydrogens (tertiary/aromatic N) is 1. The topological polar surface area (TPSA) is 24.9 Å². The molecule has 1 unspecified atom stereocenters. The van der Waals surface area contributed by atoms with Gasteiger partial charge in [0, 0.05) is 10.2 Å². The molecule has 1 N–H and O–H groups in total. The van der Waals surface area contributed by atoms with Crippen molar-refractivity contribution >= 4 is 15.9 Å². The molecular formula is C17H20BrFN2. The van der Waals surface area contributed by atoms with Gasteiger partial charge in [-0.3, -0.25) is 4.98 Å². The number of hydrogen-bond acceptors (Lipinski definition) is 2. The Morgan fingerprint density at radius 1 is 1.29 bits per heavy atom. The number of halogens is 2. The Bertz CT molecular complexity index is 601. The lowest BCUT2D eigenvalue weighted by molar-refractivity contribution is 0.515. The van der Waals surface area contributed by atoms with Crippen molar-refractivity contribution in [3.63, 3.8) is 0 Å². The molecule has 0 aliphatic rings. The minimum atomic E-state index is -0.225. The molecule has 0 bridgehead atoms. The largest absolute Gasteiger partial charge is 0.308 e. The summed E-state index contributed by atoms with van der Waals surface area (Å²) in [4.78, 5) is 4.62. The van der Waals surface area contributed by atoms with E-state index in [0.29, 0.717) is 0 Å². The van der Waals surface area contributed by atoms with Gasteiger partial charge in [0.25, 0.3) is 0 Å². The Hall–Kier alpha value is -1.26. The minimum Gasteiger partial charge on any atom is -0.308 e. The number of aryl methyl sites for hydroxylation is 1. The standard InChI is InChI=1S/C17H20BrFN2/c1-3-9-20-17(16-6-4-5-12(2)21-16)10-13-7-8-14(19)11-15(13)18/h4-8,11,17,20H,3,9-10H2,1-2H3. The van der Waals surface area contributed by atoms with Crippen molar-refractivity contribution in [2.45, 2.75) is 32.7 Å². The minimum absolute atomic E-state index is 0.131. The lowest BCUT2D eigenvalue weighted by atomic mass is 10.0. The number of nitrogens with one attached hydrogen (secondary N) is 1. The first-order valence-corrected chi connectivity index (χ1v) is 8.00. The molecule has 0 saturated heterocycles. The highest BCUT2D eigenvalue weighted by atomic mass is 79.9. The highest BCUT2D eigenvalue weighted by Gasteiger charge is 2.15. The molecular weight excluding hydrogens is 331 g/mol. The molecule has 0 radical (unpaired) electrons. The molecule has 1 aromatic heterocycles. The zero-order chi connectivity index (χ0) is 15.2. The van der Waals surface area contributed by atoms with E-state index >= 15 is 0 Å². The fourth-order valence-corrected chi connectivity index (χ4v) is 2.78. The molecule has 1 heterocycles. The van der Waals surface area contributed by atoms with Crippen LogP contribution in [0.25, 0.3) is 0 Å². The fourth-order valence-electron chi connectivity index (χ4n) is 2.27. The average Bonchev–Trinajstić information content (AvgIpc) is 2.45. The van der Waals surface area contributed by atoms with Gasteiger partial charge in [-0.25, -0.2) is 4.39 Å². The second-order valence-corrected chi connectivity index (χ2v) is 6.00. The second kappa shape index (κ2) is 7.66. The van der Waals surface area contributed by atoms with Crippen LogP contribution in [0.4, 0.5) is 4.39 Å². The smallest absolute Gasteiger partial charge is 0.124 e. The van der Waals surface area contributed by atoms with Crippen LogP contribution in [0.5, 0.6) is 0 Å². The van der Waals surface area contributed by atoms with Crippen molar-refractivity contribution in [3.05, 3.63) is 63.6 Å². The summed E-state index contributed by atoms with van der Waals surface area (Å²) >= 11 is 3.44. The van der Waals surface area contributed by atoms with E-state index in [1.54, 1.807) is 0 Å². The van der Waals surface area contributed by atoms with Gasteiger partial charge >= 0.3 is 0 Å². The van der Waals surface area contributed by atoms with E-state index in [1.165, 1.54) is 12.1 Å². The van der Waals surface area contributed by atoms with Gasteiger partial charge in [-0.15, -0.1) is 0 Å². The third-order valence-electron chi connectivity index (χ3n) is 3.35. The van der Waals surface area contributed by atoms with Gasteiger partial charge in [0.2, 0.25) is 0 Å². The molecule has 1 atom stereocenters. The molecule has 0 aliphatic heterocycles. The van der Waals surface area contributed by atoms with Crippen molar-refractivity contribution in [2.24, 2.45) is 0 Å². The number of pyridine rings is 1. The summed E-state index contributed by atoms with van der Waals surface area (Å²) in [6.45, 7) is 5.06. The van der Waals surface area contributed by atoms with Crippen molar-refractivity contribution in [1.82, 2.24) is 10.3 Å². The van der Waals surface area contributed by atoms with Gasteiger partial charge in [0.05, 0.1) is 11.7 Å². The maximum Gasteiger partial charge on any atom is 0.124 e. The molecule has 0 fully saturated rings. The van der Waals surface area contributed by atoms with E-state index in [-0.39, 0.29) is 11.9 Å². The van der Waals surface area contributed by atoms with Crippen LogP contribution in [0.15, 0.2) is 40.9 Å². The van der Waals surface area contributed by atoms with Crippen molar-refractivity contribution in [1.29, 1.82) is 0 Å². The molecule has 0 spiro atoms. The average molecular weight is 351 g/mol. The van der Waals surface area contributed by atoms with Crippen LogP contribution in [-0.2, 0) is 6.42 Å². The second-order valence-electron chi connectivity index (χ2n) is 5.15. The van der Waals surface area contributed by atoms with Crippen LogP contribution in [0.2, 0.25) is 0 Å². The van der Waals surface area contributed by atoms with Crippen molar-refractivity contribution < 1.29 is 4.39 Å². The Morgan fingerprint density at radius 3 is 2.76 bits per heavy atom. The van der Waals surface area contributed by atoms with E-state index in [2.05, 4.69) is 33.2 Å². The first-order chi connectivity index (χ1) is 10.1. The lowest BCUT2D eigenvalue weighted by Gasteiger charge is -2.19. The van der Waals surface area contributed by atoms with Crippen molar-refractivity contribution in [2.75, 3.05) is 6.54 Å². The monoisotopic (exact) mass is 350 g/mol. The predicted octanol–water partition coefficient (Wildman–Crippen LogP) is 4.58. The van der Waals surface area contributed by atoms with Crippen LogP contribution < -0.4 is 5.32 Å². The number of hydrogen-bond donors (Lipinski definition) is 1. The Balaban J connectivity index is 2.23. The van der Waals surface area contributed by atoms with E-state index in [0.717, 1.165) is 40.8 Å². The Morgan fingerprint density at radius 2 is 2.10 bits per heavy atom. The Kier molecular flexibility index (Phi) is 5.88. The van der Waals surface area contributed by atoms with Gasteiger partial charge in [-0.1, -0.05) is 35.0 Å². The van der Waals surface area contributed by atoms with Crippen LogP contribution >= 0.6 is 15.9 Å². The summed E-state index contributed by atoms with van der Waals surface area (Å²) in [7, 11) is 0. The van der Waals surface area contributed by atoms with Gasteiger partial charge in [0.15, 0.2) is 0 Å². The highest BCUT2D eigenvalue weighted by Crippen LogP contribution is 2.24. The first kappa shape index (κ1) is 16.1. The molecule has 0 saturated carbocycles. The summed E-state index contributed by atoms with van der Waals surface area (Å²) in [6, 6.07) is 11.0. The number of rotatable bonds is 6. The van der Waals surface area contributed by atoms with E-state index in [9.17, 15) is 4.39 Å². The van der Waals surface area contributed by atoms with E-state index < -0.39 is 0 Å². The van der Waals surface area contributed by atoms with E-state index in [1.807, 2.05) is 31.2 Å². The third-order valence-corrected chi connectivity index (χ3v) is 4.08. The summed E-state index contributed by atoms with van der Waals surface area (Å²) in [5.41, 5.74) is 3.11. The van der Waals surface area contributed by atoms with Gasteiger partial charge in [-0.2, -0.15) is 0 Å².